The second-order valence-corrected chi connectivity index (χ2v) is 15.1. The van der Waals surface area contributed by atoms with Gasteiger partial charge in [-0.15, -0.1) is 11.3 Å². The van der Waals surface area contributed by atoms with E-state index in [0.717, 1.165) is 15.6 Å². The lowest BCUT2D eigenvalue weighted by Gasteiger charge is -2.28. The number of rotatable bonds is 20. The number of hydrogen-bond acceptors (Lipinski definition) is 17. The van der Waals surface area contributed by atoms with Gasteiger partial charge in [-0.2, -0.15) is 0 Å². The van der Waals surface area contributed by atoms with Gasteiger partial charge in [-0.05, 0) is 50.6 Å². The molecule has 2 amide bonds. The molecule has 0 spiro atoms. The normalized spacial score (nSPS) is 13.7. The first-order valence-corrected chi connectivity index (χ1v) is 18.2. The van der Waals surface area contributed by atoms with Crippen LogP contribution in [0.15, 0.2) is 60.0 Å². The van der Waals surface area contributed by atoms with E-state index in [9.17, 15) is 19.2 Å². The minimum atomic E-state index is -1.46. The minimum absolute atomic E-state index is 0.213. The molecule has 0 bridgehead atoms. The molecule has 3 atom stereocenters. The molecule has 1 heterocycles. The van der Waals surface area contributed by atoms with E-state index in [0.29, 0.717) is 23.9 Å². The molecule has 0 aliphatic carbocycles. The lowest BCUT2D eigenvalue weighted by Crippen LogP contribution is -2.51. The fraction of sp³-hybridized carbons (Fsp3) is 0.471. The number of carbonyl (C=O) groups excluding carboxylic acids is 4. The van der Waals surface area contributed by atoms with Crippen molar-refractivity contribution >= 4 is 57.0 Å². The van der Waals surface area contributed by atoms with Crippen LogP contribution in [-0.2, 0) is 33.5 Å². The number of amides is 2. The van der Waals surface area contributed by atoms with Crippen molar-refractivity contribution in [1.82, 2.24) is 21.0 Å². The van der Waals surface area contributed by atoms with E-state index < -0.39 is 70.2 Å². The van der Waals surface area contributed by atoms with E-state index >= 15 is 0 Å². The second kappa shape index (κ2) is 20.0. The van der Waals surface area contributed by atoms with Crippen LogP contribution >= 0.6 is 23.1 Å². The molecule has 17 nitrogen and oxygen atoms in total. The zero-order valence-corrected chi connectivity index (χ0v) is 31.8. The third-order valence-electron chi connectivity index (χ3n) is 7.69. The van der Waals surface area contributed by atoms with Crippen LogP contribution < -0.4 is 10.1 Å². The summed E-state index contributed by atoms with van der Waals surface area (Å²) in [5.41, 5.74) is -2.67. The molecule has 53 heavy (non-hydrogen) atoms. The van der Waals surface area contributed by atoms with Gasteiger partial charge in [-0.25, -0.2) is 19.3 Å². The Bertz CT molecular complexity index is 1650. The van der Waals surface area contributed by atoms with E-state index in [1.807, 2.05) is 60.0 Å². The molecule has 0 saturated heterocycles. The largest absolute Gasteiger partial charge is 0.484 e. The van der Waals surface area contributed by atoms with Gasteiger partial charge < -0.3 is 24.4 Å². The summed E-state index contributed by atoms with van der Waals surface area (Å²) in [6, 6.07) is 16.1. The maximum Gasteiger partial charge on any atom is 0.412 e. The zero-order chi connectivity index (χ0) is 39.3. The number of nitrogens with one attached hydrogen (secondary N) is 1. The number of benzene rings is 2. The first kappa shape index (κ1) is 43.5. The van der Waals surface area contributed by atoms with Gasteiger partial charge in [0.05, 0.1) is 34.8 Å². The molecule has 1 aromatic heterocycles. The maximum atomic E-state index is 13.3. The van der Waals surface area contributed by atoms with Crippen molar-refractivity contribution in [3.05, 3.63) is 64.9 Å². The molecule has 19 heteroatoms. The molecule has 292 valence electrons. The summed E-state index contributed by atoms with van der Waals surface area (Å²) in [6.07, 6.45) is -2.20. The summed E-state index contributed by atoms with van der Waals surface area (Å²) < 4.78 is 17.2. The van der Waals surface area contributed by atoms with E-state index in [-0.39, 0.29) is 18.4 Å². The Hall–Kier alpha value is -3.89. The van der Waals surface area contributed by atoms with E-state index in [1.54, 1.807) is 0 Å². The highest BCUT2D eigenvalue weighted by molar-refractivity contribution is 8.13. The third-order valence-corrected chi connectivity index (χ3v) is 9.97. The topological polar surface area (TPSA) is 217 Å². The van der Waals surface area contributed by atoms with Crippen molar-refractivity contribution in [2.24, 2.45) is 10.8 Å². The van der Waals surface area contributed by atoms with Crippen molar-refractivity contribution < 1.29 is 63.9 Å². The Morgan fingerprint density at radius 1 is 0.868 bits per heavy atom. The van der Waals surface area contributed by atoms with Crippen LogP contribution in [0, 0.1) is 10.8 Å². The van der Waals surface area contributed by atoms with Crippen LogP contribution in [0.5, 0.6) is 5.75 Å². The SMILES string of the molecule is CC(OC(=O)C(CSC(=O)C(C)(C)CON(O)O)NC(=O)C(C)(C)CON(O)O)OC(=O)N(C)CC[C@H](Oc1cccc2ccccc12)c1cccs1. The van der Waals surface area contributed by atoms with Gasteiger partial charge in [0.15, 0.2) is 5.12 Å². The van der Waals surface area contributed by atoms with Crippen LogP contribution in [0.3, 0.4) is 0 Å². The number of ether oxygens (including phenoxy) is 3. The zero-order valence-electron chi connectivity index (χ0n) is 30.2. The molecule has 0 aliphatic heterocycles. The first-order valence-electron chi connectivity index (χ1n) is 16.3. The average Bonchev–Trinajstić information content (AvgIpc) is 3.64. The third kappa shape index (κ3) is 13.8. The predicted octanol–water partition coefficient (Wildman–Crippen LogP) is 5.19. The minimum Gasteiger partial charge on any atom is -0.484 e. The van der Waals surface area contributed by atoms with Gasteiger partial charge in [0.1, 0.15) is 17.9 Å². The Morgan fingerprint density at radius 3 is 2.15 bits per heavy atom. The van der Waals surface area contributed by atoms with Crippen LogP contribution in [-0.4, -0.2) is 104 Å². The molecular formula is C34H46N4O13S2. The maximum absolute atomic E-state index is 13.3. The highest BCUT2D eigenvalue weighted by atomic mass is 32.2. The number of esters is 1. The van der Waals surface area contributed by atoms with Gasteiger partial charge in [0.2, 0.25) is 12.2 Å². The van der Waals surface area contributed by atoms with Crippen LogP contribution in [0.2, 0.25) is 0 Å². The van der Waals surface area contributed by atoms with Crippen LogP contribution in [0.1, 0.15) is 52.0 Å². The number of carbonyl (C=O) groups is 4. The summed E-state index contributed by atoms with van der Waals surface area (Å²) in [7, 11) is 1.52. The molecule has 3 rings (SSSR count). The highest BCUT2D eigenvalue weighted by Crippen LogP contribution is 2.33. The number of nitrogens with zero attached hydrogens (tertiary/aromatic N) is 3. The molecule has 2 unspecified atom stereocenters. The van der Waals surface area contributed by atoms with Crippen LogP contribution in [0.4, 0.5) is 4.79 Å². The molecule has 0 fully saturated rings. The summed E-state index contributed by atoms with van der Waals surface area (Å²) >= 11 is 2.16. The highest BCUT2D eigenvalue weighted by Gasteiger charge is 2.36. The molecule has 0 saturated carbocycles. The number of fused-ring (bicyclic) bond motifs is 1. The van der Waals surface area contributed by atoms with Crippen LogP contribution in [0.25, 0.3) is 10.8 Å². The Labute approximate surface area is 314 Å². The Morgan fingerprint density at radius 2 is 1.51 bits per heavy atom. The lowest BCUT2D eigenvalue weighted by atomic mass is 9.93. The van der Waals surface area contributed by atoms with Crippen molar-refractivity contribution in [3.63, 3.8) is 0 Å². The molecule has 2 aromatic carbocycles. The Balaban J connectivity index is 1.64. The molecular weight excluding hydrogens is 737 g/mol. The summed E-state index contributed by atoms with van der Waals surface area (Å²) in [5, 5.41) is 40.3. The van der Waals surface area contributed by atoms with Gasteiger partial charge in [-0.1, -0.05) is 54.2 Å². The molecule has 3 aromatic rings. The number of thioether (sulfide) groups is 1. The number of hydrogen-bond donors (Lipinski definition) is 5. The van der Waals surface area contributed by atoms with Gasteiger partial charge in [-0.3, -0.25) is 30.4 Å². The quantitative estimate of drug-likeness (QED) is 0.0566. The number of thiophene rings is 1. The van der Waals surface area contributed by atoms with Crippen molar-refractivity contribution in [2.45, 2.75) is 59.5 Å². The second-order valence-electron chi connectivity index (χ2n) is 13.1. The van der Waals surface area contributed by atoms with Crippen molar-refractivity contribution in [1.29, 1.82) is 0 Å². The van der Waals surface area contributed by atoms with Crippen molar-refractivity contribution in [2.75, 3.05) is 32.6 Å². The van der Waals surface area contributed by atoms with E-state index in [2.05, 4.69) is 15.0 Å². The summed E-state index contributed by atoms with van der Waals surface area (Å²) in [5.74, 6) is -1.47. The fourth-order valence-electron chi connectivity index (χ4n) is 4.53. The predicted molar refractivity (Wildman–Crippen MR) is 191 cm³/mol. The molecule has 0 aliphatic rings. The smallest absolute Gasteiger partial charge is 0.412 e. The first-order chi connectivity index (χ1) is 24.9. The fourth-order valence-corrected chi connectivity index (χ4v) is 6.30. The molecule has 5 N–H and O–H groups in total. The lowest BCUT2D eigenvalue weighted by molar-refractivity contribution is -0.496. The monoisotopic (exact) mass is 782 g/mol. The Kier molecular flexibility index (Phi) is 16.4. The summed E-state index contributed by atoms with van der Waals surface area (Å²) in [4.78, 5) is 63.8. The summed E-state index contributed by atoms with van der Waals surface area (Å²) in [6.45, 7) is 6.31. The molecule has 0 radical (unpaired) electrons. The van der Waals surface area contributed by atoms with E-state index in [1.165, 1.54) is 57.9 Å². The van der Waals surface area contributed by atoms with Gasteiger partial charge in [0, 0.05) is 43.0 Å². The van der Waals surface area contributed by atoms with Crippen molar-refractivity contribution in [3.8, 4) is 5.75 Å². The standard InChI is InChI=1S/C34H46N4O13S2/c1-22(49-29(39)25(35-30(40)33(2,3)20-47-37(43)44)19-53-31(41)34(4,5)21-48-38(45)46)50-32(42)36(6)17-16-27(28-15-10-18-52-28)51-26-14-9-12-23-11-7-8-13-24(23)26/h7-15,18,22,25,27,43-46H,16-17,19-21H2,1-6H3,(H,35,40)/t22?,25?,27-/m0/s1. The van der Waals surface area contributed by atoms with Gasteiger partial charge >= 0.3 is 12.1 Å². The van der Waals surface area contributed by atoms with E-state index in [4.69, 9.17) is 35.0 Å². The average molecular weight is 783 g/mol. The van der Waals surface area contributed by atoms with Gasteiger partial charge in [0.25, 0.3) is 0 Å².